The summed E-state index contributed by atoms with van der Waals surface area (Å²) in [6.45, 7) is 5.21. The lowest BCUT2D eigenvalue weighted by Crippen LogP contribution is -2.06. The zero-order chi connectivity index (χ0) is 15.4. The second-order valence-corrected chi connectivity index (χ2v) is 4.87. The molecule has 2 nitrogen and oxygen atoms in total. The average molecular weight is 292 g/mol. The summed E-state index contributed by atoms with van der Waals surface area (Å²) in [4.78, 5) is 4.31. The molecule has 0 atom stereocenters. The molecule has 0 amide bonds. The van der Waals surface area contributed by atoms with E-state index in [4.69, 9.17) is 0 Å². The number of hydrogen-bond acceptors (Lipinski definition) is 1. The van der Waals surface area contributed by atoms with Crippen molar-refractivity contribution < 1.29 is 12.9 Å². The fourth-order valence-electron chi connectivity index (χ4n) is 2.50. The highest BCUT2D eigenvalue weighted by atomic mass is 19.4. The van der Waals surface area contributed by atoms with Crippen LogP contribution in [0.15, 0.2) is 35.3 Å². The summed E-state index contributed by atoms with van der Waals surface area (Å²) in [5.74, 6) is 0. The Hall–Kier alpha value is -1.98. The van der Waals surface area contributed by atoms with Crippen LogP contribution in [-0.2, 0) is 6.42 Å². The smallest absolute Gasteiger partial charge is 0.319 e. The molecular formula is C15H16BF3N2. The molecule has 1 aliphatic rings. The van der Waals surface area contributed by atoms with Crippen LogP contribution in [0, 0.1) is 13.8 Å². The first kappa shape index (κ1) is 15.4. The third-order valence-electron chi connectivity index (χ3n) is 3.40. The zero-order valence-corrected chi connectivity index (χ0v) is 12.0. The first-order valence-electron chi connectivity index (χ1n) is 6.69. The molecule has 0 spiro atoms. The number of fused-ring (bicyclic) bond motifs is 1. The van der Waals surface area contributed by atoms with Gasteiger partial charge >= 0.3 is 7.54 Å². The average Bonchev–Trinajstić information content (AvgIpc) is 2.77. The number of aryl methyl sites for hydroxylation is 2. The number of nitrogens with zero attached hydrogens (tertiary/aromatic N) is 2. The summed E-state index contributed by atoms with van der Waals surface area (Å²) < 4.78 is 31.3. The molecule has 2 heterocycles. The van der Waals surface area contributed by atoms with Crippen molar-refractivity contribution in [3.05, 3.63) is 52.8 Å². The van der Waals surface area contributed by atoms with E-state index in [0.29, 0.717) is 0 Å². The Morgan fingerprint density at radius 1 is 1.05 bits per heavy atom. The van der Waals surface area contributed by atoms with Crippen LogP contribution in [0.4, 0.5) is 12.9 Å². The van der Waals surface area contributed by atoms with Crippen LogP contribution in [0.1, 0.15) is 22.5 Å². The molecule has 0 saturated carbocycles. The lowest BCUT2D eigenvalue weighted by molar-refractivity contribution is 0.535. The van der Waals surface area contributed by atoms with E-state index in [0.717, 1.165) is 13.0 Å². The van der Waals surface area contributed by atoms with Gasteiger partial charge in [0, 0.05) is 29.8 Å². The maximum absolute atomic E-state index is 9.67. The van der Waals surface area contributed by atoms with E-state index in [1.165, 1.54) is 28.2 Å². The molecule has 2 aromatic rings. The Kier molecular flexibility index (Phi) is 4.88. The monoisotopic (exact) mass is 292 g/mol. The molecule has 0 radical (unpaired) electrons. The second-order valence-electron chi connectivity index (χ2n) is 4.87. The summed E-state index contributed by atoms with van der Waals surface area (Å²) in [6, 6.07) is 11.0. The molecule has 21 heavy (non-hydrogen) atoms. The van der Waals surface area contributed by atoms with Gasteiger partial charge in [-0.1, -0.05) is 6.07 Å². The van der Waals surface area contributed by atoms with Crippen LogP contribution in [0.5, 0.6) is 0 Å². The number of rotatable bonds is 1. The Bertz CT molecular complexity index is 628. The summed E-state index contributed by atoms with van der Waals surface area (Å²) >= 11 is 0. The van der Waals surface area contributed by atoms with Crippen LogP contribution >= 0.6 is 0 Å². The molecule has 0 fully saturated rings. The Balaban J connectivity index is 0.000000361. The molecule has 0 saturated heterocycles. The van der Waals surface area contributed by atoms with Gasteiger partial charge in [0.1, 0.15) is 0 Å². The first-order valence-corrected chi connectivity index (χ1v) is 6.69. The van der Waals surface area contributed by atoms with Gasteiger partial charge in [-0.05, 0) is 55.7 Å². The fraction of sp³-hybridized carbons (Fsp3) is 0.267. The van der Waals surface area contributed by atoms with Crippen molar-refractivity contribution >= 4 is 13.8 Å². The number of hydrogen-bond donors (Lipinski definition) is 0. The van der Waals surface area contributed by atoms with Gasteiger partial charge in [0.05, 0.1) is 0 Å². The van der Waals surface area contributed by atoms with Gasteiger partial charge < -0.3 is 4.57 Å². The third kappa shape index (κ3) is 3.77. The van der Waals surface area contributed by atoms with Crippen molar-refractivity contribution in [3.8, 4) is 5.69 Å². The van der Waals surface area contributed by atoms with Gasteiger partial charge in [0.25, 0.3) is 0 Å². The SMILES string of the molecule is Cc1ccc(C)n1-c1ccc2c(c1)CCN=C2.FB(F)F. The van der Waals surface area contributed by atoms with Crippen molar-refractivity contribution in [2.75, 3.05) is 6.54 Å². The Morgan fingerprint density at radius 2 is 1.67 bits per heavy atom. The van der Waals surface area contributed by atoms with Gasteiger partial charge in [-0.25, -0.2) is 0 Å². The van der Waals surface area contributed by atoms with E-state index < -0.39 is 7.54 Å². The van der Waals surface area contributed by atoms with Crippen molar-refractivity contribution in [3.63, 3.8) is 0 Å². The number of aromatic nitrogens is 1. The lowest BCUT2D eigenvalue weighted by atomic mass is 10.0. The minimum atomic E-state index is -3.67. The largest absolute Gasteiger partial charge is 0.762 e. The summed E-state index contributed by atoms with van der Waals surface area (Å²) in [5.41, 5.74) is 6.50. The summed E-state index contributed by atoms with van der Waals surface area (Å²) in [6.07, 6.45) is 3.04. The molecule has 110 valence electrons. The second kappa shape index (κ2) is 6.65. The summed E-state index contributed by atoms with van der Waals surface area (Å²) in [5, 5.41) is 0. The number of benzene rings is 1. The standard InChI is InChI=1S/C15H16N2.BF3/c1-11-3-4-12(2)17(11)15-6-5-14-10-16-8-7-13(14)9-15;2-1(3)4/h3-6,9-10H,7-8H2,1-2H3;. The normalized spacial score (nSPS) is 12.4. The topological polar surface area (TPSA) is 17.3 Å². The van der Waals surface area contributed by atoms with E-state index in [2.05, 4.69) is 53.7 Å². The summed E-state index contributed by atoms with van der Waals surface area (Å²) in [7, 11) is -3.67. The van der Waals surface area contributed by atoms with Crippen LogP contribution in [0.25, 0.3) is 5.69 Å². The van der Waals surface area contributed by atoms with Crippen LogP contribution in [-0.4, -0.2) is 24.9 Å². The highest BCUT2D eigenvalue weighted by molar-refractivity contribution is 6.33. The molecule has 0 unspecified atom stereocenters. The third-order valence-corrected chi connectivity index (χ3v) is 3.40. The van der Waals surface area contributed by atoms with Gasteiger partial charge in [0.15, 0.2) is 0 Å². The van der Waals surface area contributed by atoms with Gasteiger partial charge in [-0.15, -0.1) is 0 Å². The quantitative estimate of drug-likeness (QED) is 0.708. The predicted molar refractivity (Wildman–Crippen MR) is 80.5 cm³/mol. The molecule has 3 rings (SSSR count). The lowest BCUT2D eigenvalue weighted by Gasteiger charge is -2.14. The highest BCUT2D eigenvalue weighted by Crippen LogP contribution is 2.21. The minimum absolute atomic E-state index is 0.917. The Morgan fingerprint density at radius 3 is 2.29 bits per heavy atom. The van der Waals surface area contributed by atoms with Crippen molar-refractivity contribution in [1.82, 2.24) is 4.57 Å². The molecule has 0 bridgehead atoms. The maximum Gasteiger partial charge on any atom is 0.762 e. The molecule has 1 aliphatic heterocycles. The molecule has 6 heteroatoms. The van der Waals surface area contributed by atoms with Crippen LogP contribution in [0.3, 0.4) is 0 Å². The maximum atomic E-state index is 9.67. The van der Waals surface area contributed by atoms with E-state index in [9.17, 15) is 12.9 Å². The van der Waals surface area contributed by atoms with Crippen LogP contribution < -0.4 is 0 Å². The van der Waals surface area contributed by atoms with E-state index in [-0.39, 0.29) is 0 Å². The first-order chi connectivity index (χ1) is 9.99. The van der Waals surface area contributed by atoms with Gasteiger partial charge in [-0.2, -0.15) is 0 Å². The van der Waals surface area contributed by atoms with Gasteiger partial charge in [0.2, 0.25) is 0 Å². The molecule has 0 N–H and O–H groups in total. The highest BCUT2D eigenvalue weighted by Gasteiger charge is 2.09. The molecule has 1 aromatic heterocycles. The van der Waals surface area contributed by atoms with E-state index in [1.54, 1.807) is 0 Å². The zero-order valence-electron chi connectivity index (χ0n) is 12.0. The number of aliphatic imine (C=N–C) groups is 1. The fourth-order valence-corrected chi connectivity index (χ4v) is 2.50. The van der Waals surface area contributed by atoms with Crippen molar-refractivity contribution in [1.29, 1.82) is 0 Å². The minimum Gasteiger partial charge on any atom is -0.319 e. The van der Waals surface area contributed by atoms with Crippen LogP contribution in [0.2, 0.25) is 0 Å². The van der Waals surface area contributed by atoms with Crippen molar-refractivity contribution in [2.24, 2.45) is 4.99 Å². The number of halogens is 3. The molecular weight excluding hydrogens is 276 g/mol. The predicted octanol–water partition coefficient (Wildman–Crippen LogP) is 3.95. The van der Waals surface area contributed by atoms with Gasteiger partial charge in [-0.3, -0.25) is 17.9 Å². The van der Waals surface area contributed by atoms with Crippen molar-refractivity contribution in [2.45, 2.75) is 20.3 Å². The molecule has 1 aromatic carbocycles. The Labute approximate surface area is 122 Å². The van der Waals surface area contributed by atoms with E-state index >= 15 is 0 Å². The molecule has 0 aliphatic carbocycles. The van der Waals surface area contributed by atoms with E-state index in [1.807, 2.05) is 6.21 Å².